The molecule has 6 nitrogen and oxygen atoms in total. The van der Waals surface area contributed by atoms with E-state index in [2.05, 4.69) is 27.7 Å². The number of aromatic nitrogens is 2. The van der Waals surface area contributed by atoms with E-state index in [-0.39, 0.29) is 12.5 Å². The largest absolute Gasteiger partial charge is 0.345 e. The summed E-state index contributed by atoms with van der Waals surface area (Å²) >= 11 is 0. The number of hydrogen-bond donors (Lipinski definition) is 2. The number of carbonyl (C=O) groups excluding carboxylic acids is 1. The fraction of sp³-hybridized carbons (Fsp3) is 0.609. The van der Waals surface area contributed by atoms with E-state index < -0.39 is 0 Å². The van der Waals surface area contributed by atoms with Crippen molar-refractivity contribution in [3.63, 3.8) is 0 Å². The molecule has 1 atom stereocenters. The Labute approximate surface area is 171 Å². The van der Waals surface area contributed by atoms with E-state index >= 15 is 0 Å². The van der Waals surface area contributed by atoms with Gasteiger partial charge < -0.3 is 15.2 Å². The molecule has 0 radical (unpaired) electrons. The summed E-state index contributed by atoms with van der Waals surface area (Å²) in [6.07, 6.45) is 8.55. The first kappa shape index (κ1) is 18.8. The van der Waals surface area contributed by atoms with E-state index in [0.717, 1.165) is 17.8 Å². The van der Waals surface area contributed by atoms with Crippen LogP contribution in [0.1, 0.15) is 67.5 Å². The first-order chi connectivity index (χ1) is 14.1. The molecule has 1 aromatic heterocycles. The number of nitrogens with zero attached hydrogens (tertiary/aromatic N) is 2. The highest BCUT2D eigenvalue weighted by Gasteiger charge is 2.52. The van der Waals surface area contributed by atoms with E-state index in [1.54, 1.807) is 12.1 Å². The highest BCUT2D eigenvalue weighted by molar-refractivity contribution is 5.93. The van der Waals surface area contributed by atoms with Crippen LogP contribution in [0, 0.1) is 23.2 Å². The van der Waals surface area contributed by atoms with E-state index in [4.69, 9.17) is 4.52 Å². The molecule has 6 rings (SSSR count). The fourth-order valence-corrected chi connectivity index (χ4v) is 6.45. The molecule has 0 aliphatic heterocycles. The van der Waals surface area contributed by atoms with Crippen LogP contribution in [0.5, 0.6) is 0 Å². The average Bonchev–Trinajstić information content (AvgIpc) is 3.18. The Morgan fingerprint density at radius 3 is 2.41 bits per heavy atom. The van der Waals surface area contributed by atoms with Crippen LogP contribution in [-0.2, 0) is 13.1 Å². The molecule has 4 saturated carbocycles. The Bertz CT molecular complexity index is 827. The van der Waals surface area contributed by atoms with E-state index in [1.807, 2.05) is 18.2 Å². The molecular weight excluding hydrogens is 364 g/mol. The quantitative estimate of drug-likeness (QED) is 0.749. The van der Waals surface area contributed by atoms with Crippen molar-refractivity contribution >= 4 is 5.91 Å². The van der Waals surface area contributed by atoms with Crippen LogP contribution < -0.4 is 10.6 Å². The predicted molar refractivity (Wildman–Crippen MR) is 109 cm³/mol. The highest BCUT2D eigenvalue weighted by atomic mass is 16.5. The summed E-state index contributed by atoms with van der Waals surface area (Å²) in [7, 11) is 0. The minimum absolute atomic E-state index is 0.134. The first-order valence-electron chi connectivity index (χ1n) is 11.0. The number of benzene rings is 1. The number of nitrogens with one attached hydrogen (secondary N) is 2. The molecule has 1 aromatic carbocycles. The van der Waals surface area contributed by atoms with Crippen molar-refractivity contribution in [1.29, 1.82) is 0 Å². The molecule has 2 aromatic rings. The van der Waals surface area contributed by atoms with Gasteiger partial charge in [-0.15, -0.1) is 0 Å². The highest BCUT2D eigenvalue weighted by Crippen LogP contribution is 2.61. The van der Waals surface area contributed by atoms with Crippen molar-refractivity contribution in [3.05, 3.63) is 47.6 Å². The topological polar surface area (TPSA) is 80.0 Å². The van der Waals surface area contributed by atoms with Gasteiger partial charge in [0.2, 0.25) is 5.89 Å². The third-order valence-corrected chi connectivity index (χ3v) is 7.52. The molecular formula is C23H30N4O2. The summed E-state index contributed by atoms with van der Waals surface area (Å²) in [5.74, 6) is 3.82. The van der Waals surface area contributed by atoms with E-state index in [1.165, 1.54) is 38.5 Å². The Kier molecular flexibility index (Phi) is 4.90. The van der Waals surface area contributed by atoms with Gasteiger partial charge in [0.25, 0.3) is 5.91 Å². The maximum atomic E-state index is 12.1. The van der Waals surface area contributed by atoms with Gasteiger partial charge in [0.1, 0.15) is 0 Å². The lowest BCUT2D eigenvalue weighted by Crippen LogP contribution is -2.54. The monoisotopic (exact) mass is 394 g/mol. The second-order valence-electron chi connectivity index (χ2n) is 9.54. The maximum absolute atomic E-state index is 12.1. The van der Waals surface area contributed by atoms with E-state index in [9.17, 15) is 4.79 Å². The lowest BCUT2D eigenvalue weighted by molar-refractivity contribution is -0.0709. The zero-order chi connectivity index (χ0) is 19.8. The van der Waals surface area contributed by atoms with Gasteiger partial charge in [-0.2, -0.15) is 4.98 Å². The van der Waals surface area contributed by atoms with Crippen molar-refractivity contribution in [2.45, 2.75) is 64.6 Å². The molecule has 154 valence electrons. The third-order valence-electron chi connectivity index (χ3n) is 7.52. The Hall–Kier alpha value is -2.21. The van der Waals surface area contributed by atoms with Crippen LogP contribution in [0.2, 0.25) is 0 Å². The smallest absolute Gasteiger partial charge is 0.251 e. The fourth-order valence-electron chi connectivity index (χ4n) is 6.45. The predicted octanol–water partition coefficient (Wildman–Crippen LogP) is 3.69. The second kappa shape index (κ2) is 7.56. The molecule has 0 spiro atoms. The third kappa shape index (κ3) is 3.82. The molecule has 4 aliphatic rings. The summed E-state index contributed by atoms with van der Waals surface area (Å²) in [5.41, 5.74) is 1.09. The molecule has 1 heterocycles. The number of carbonyl (C=O) groups is 1. The zero-order valence-electron chi connectivity index (χ0n) is 17.1. The van der Waals surface area contributed by atoms with E-state index in [0.29, 0.717) is 35.3 Å². The van der Waals surface area contributed by atoms with Crippen LogP contribution >= 0.6 is 0 Å². The molecule has 4 fully saturated rings. The Morgan fingerprint density at radius 2 is 1.76 bits per heavy atom. The molecule has 4 aliphatic carbocycles. The van der Waals surface area contributed by atoms with Crippen LogP contribution in [0.15, 0.2) is 34.9 Å². The van der Waals surface area contributed by atoms with Crippen molar-refractivity contribution in [1.82, 2.24) is 20.8 Å². The van der Waals surface area contributed by atoms with Crippen LogP contribution in [0.25, 0.3) is 0 Å². The molecule has 1 amide bonds. The summed E-state index contributed by atoms with van der Waals surface area (Å²) < 4.78 is 5.40. The summed E-state index contributed by atoms with van der Waals surface area (Å²) in [6, 6.07) is 9.61. The Balaban J connectivity index is 1.13. The van der Waals surface area contributed by atoms with Crippen molar-refractivity contribution in [2.75, 3.05) is 0 Å². The van der Waals surface area contributed by atoms with Gasteiger partial charge >= 0.3 is 0 Å². The normalized spacial score (nSPS) is 31.0. The molecule has 6 heteroatoms. The standard InChI is InChI=1S/C23H30N4O2/c1-15(23-10-16-7-17(11-23)9-18(8-16)12-23)24-14-21-26-20(27-29-21)13-25-22(28)19-5-3-2-4-6-19/h2-6,15-18,24H,7-14H2,1H3,(H,25,28)/t15-,16?,17?,18?,23?/m1/s1. The number of rotatable bonds is 7. The van der Waals surface area contributed by atoms with Gasteiger partial charge in [-0.05, 0) is 80.8 Å². The average molecular weight is 395 g/mol. The van der Waals surface area contributed by atoms with Gasteiger partial charge in [-0.25, -0.2) is 0 Å². The number of hydrogen-bond acceptors (Lipinski definition) is 5. The molecule has 4 bridgehead atoms. The molecule has 0 saturated heterocycles. The lowest BCUT2D eigenvalue weighted by Gasteiger charge is -2.59. The maximum Gasteiger partial charge on any atom is 0.251 e. The van der Waals surface area contributed by atoms with Crippen LogP contribution in [-0.4, -0.2) is 22.1 Å². The zero-order valence-corrected chi connectivity index (χ0v) is 17.1. The van der Waals surface area contributed by atoms with Gasteiger partial charge in [-0.3, -0.25) is 4.79 Å². The Morgan fingerprint density at radius 1 is 1.10 bits per heavy atom. The lowest BCUT2D eigenvalue weighted by atomic mass is 9.48. The first-order valence-corrected chi connectivity index (χ1v) is 11.0. The number of amides is 1. The van der Waals surface area contributed by atoms with Crippen molar-refractivity contribution < 1.29 is 9.32 Å². The minimum atomic E-state index is -0.134. The summed E-state index contributed by atoms with van der Waals surface area (Å²) in [4.78, 5) is 16.6. The van der Waals surface area contributed by atoms with Gasteiger partial charge in [0.05, 0.1) is 13.1 Å². The SMILES string of the molecule is C[C@@H](NCc1nc(CNC(=O)c2ccccc2)no1)C12CC3CC(CC(C3)C1)C2. The van der Waals surface area contributed by atoms with Crippen LogP contribution in [0.3, 0.4) is 0 Å². The van der Waals surface area contributed by atoms with Gasteiger partial charge in [-0.1, -0.05) is 23.4 Å². The summed E-state index contributed by atoms with van der Waals surface area (Å²) in [6.45, 7) is 3.19. The van der Waals surface area contributed by atoms with Gasteiger partial charge in [0.15, 0.2) is 5.82 Å². The van der Waals surface area contributed by atoms with Crippen LogP contribution in [0.4, 0.5) is 0 Å². The minimum Gasteiger partial charge on any atom is -0.345 e. The van der Waals surface area contributed by atoms with Crippen molar-refractivity contribution in [3.8, 4) is 0 Å². The second-order valence-corrected chi connectivity index (χ2v) is 9.54. The molecule has 0 unspecified atom stereocenters. The van der Waals surface area contributed by atoms with Gasteiger partial charge in [0, 0.05) is 11.6 Å². The molecule has 2 N–H and O–H groups in total. The molecule has 29 heavy (non-hydrogen) atoms. The summed E-state index contributed by atoms with van der Waals surface area (Å²) in [5, 5.41) is 10.5. The van der Waals surface area contributed by atoms with Crippen molar-refractivity contribution in [2.24, 2.45) is 23.2 Å².